The summed E-state index contributed by atoms with van der Waals surface area (Å²) in [6.45, 7) is 12.8. The fourth-order valence-electron chi connectivity index (χ4n) is 7.73. The summed E-state index contributed by atoms with van der Waals surface area (Å²) < 4.78 is 26.6. The molecule has 4 aliphatic rings. The normalized spacial score (nSPS) is 25.2. The lowest BCUT2D eigenvalue weighted by molar-refractivity contribution is -0.144. The van der Waals surface area contributed by atoms with Crippen molar-refractivity contribution in [1.29, 1.82) is 0 Å². The summed E-state index contributed by atoms with van der Waals surface area (Å²) >= 11 is 0. The number of nitrogens with one attached hydrogen (secondary N) is 4. The molecule has 0 aromatic rings. The summed E-state index contributed by atoms with van der Waals surface area (Å²) in [5, 5.41) is 11.2. The van der Waals surface area contributed by atoms with Gasteiger partial charge in [0.1, 0.15) is 12.1 Å². The Morgan fingerprint density at radius 3 is 2.00 bits per heavy atom. The van der Waals surface area contributed by atoms with Crippen LogP contribution in [0.4, 0.5) is 4.79 Å². The molecule has 4 rings (SSSR count). The van der Waals surface area contributed by atoms with Gasteiger partial charge in [0, 0.05) is 32.7 Å². The standard InChI is InChI=1S/C35H60N6O7S/c1-34(2,3)24-16-18-41(28(24)30(43)37-25(20-22-14-15-22)29(42)31(44)36-7)32(45)27(23-12-9-8-10-13-23)39-33(46)38-26(35(4,5)6)21-40-17-11-19-49(40,47)48/h22-28H,8-21H2,1-7H3,(H,36,44)(H,37,43)(H2,38,39,46)/t24-,25?,26+,27-,28-/m0/s1. The molecule has 4 N–H and O–H groups in total. The molecule has 5 atom stereocenters. The van der Waals surface area contributed by atoms with Gasteiger partial charge in [-0.15, -0.1) is 0 Å². The minimum absolute atomic E-state index is 0.0930. The predicted molar refractivity (Wildman–Crippen MR) is 187 cm³/mol. The largest absolute Gasteiger partial charge is 0.353 e. The predicted octanol–water partition coefficient (Wildman–Crippen LogP) is 2.55. The van der Waals surface area contributed by atoms with Crippen molar-refractivity contribution < 1.29 is 32.4 Å². The van der Waals surface area contributed by atoms with Crippen LogP contribution in [0.25, 0.3) is 0 Å². The molecule has 278 valence electrons. The monoisotopic (exact) mass is 708 g/mol. The Bertz CT molecular complexity index is 1350. The van der Waals surface area contributed by atoms with Gasteiger partial charge in [-0.05, 0) is 60.7 Å². The highest BCUT2D eigenvalue weighted by Crippen LogP contribution is 2.40. The lowest BCUT2D eigenvalue weighted by Gasteiger charge is -2.39. The number of carbonyl (C=O) groups excluding carboxylic acids is 5. The second-order valence-electron chi connectivity index (χ2n) is 16.9. The number of rotatable bonds is 12. The molecule has 2 heterocycles. The van der Waals surface area contributed by atoms with Gasteiger partial charge in [0.15, 0.2) is 0 Å². The molecular formula is C35H60N6O7S. The maximum absolute atomic E-state index is 14.7. The molecule has 0 bridgehead atoms. The van der Waals surface area contributed by atoms with Gasteiger partial charge in [0.05, 0.1) is 11.8 Å². The van der Waals surface area contributed by atoms with E-state index in [1.165, 1.54) is 11.4 Å². The molecule has 2 aliphatic carbocycles. The van der Waals surface area contributed by atoms with Crippen LogP contribution < -0.4 is 21.3 Å². The van der Waals surface area contributed by atoms with Gasteiger partial charge >= 0.3 is 6.03 Å². The van der Waals surface area contributed by atoms with E-state index in [0.717, 1.165) is 44.9 Å². The minimum atomic E-state index is -3.38. The summed E-state index contributed by atoms with van der Waals surface area (Å²) in [5.74, 6) is -2.24. The van der Waals surface area contributed by atoms with E-state index in [0.29, 0.717) is 32.4 Å². The van der Waals surface area contributed by atoms with Crippen LogP contribution in [0.15, 0.2) is 0 Å². The molecule has 0 aromatic heterocycles. The third-order valence-corrected chi connectivity index (χ3v) is 12.9. The van der Waals surface area contributed by atoms with Crippen LogP contribution in [0.1, 0.15) is 106 Å². The molecule has 0 spiro atoms. The number of urea groups is 1. The molecular weight excluding hydrogens is 648 g/mol. The van der Waals surface area contributed by atoms with Gasteiger partial charge < -0.3 is 26.2 Å². The number of nitrogens with zero attached hydrogens (tertiary/aromatic N) is 2. The van der Waals surface area contributed by atoms with E-state index in [-0.39, 0.29) is 41.4 Å². The lowest BCUT2D eigenvalue weighted by atomic mass is 9.75. The molecule has 14 heteroatoms. The molecule has 2 saturated carbocycles. The van der Waals surface area contributed by atoms with E-state index in [9.17, 15) is 32.4 Å². The zero-order chi connectivity index (χ0) is 36.3. The first kappa shape index (κ1) is 39.1. The molecule has 4 fully saturated rings. The zero-order valence-corrected chi connectivity index (χ0v) is 31.4. The van der Waals surface area contributed by atoms with Crippen molar-refractivity contribution in [3.63, 3.8) is 0 Å². The number of likely N-dealkylation sites (tertiary alicyclic amines) is 1. The average molecular weight is 709 g/mol. The molecule has 13 nitrogen and oxygen atoms in total. The molecule has 2 saturated heterocycles. The van der Waals surface area contributed by atoms with Crippen LogP contribution in [0.5, 0.6) is 0 Å². The number of Topliss-reactive ketones (excluding diaryl/α,β-unsaturated/α-hetero) is 1. The second-order valence-corrected chi connectivity index (χ2v) is 18.9. The summed E-state index contributed by atoms with van der Waals surface area (Å²) in [5.41, 5.74) is -0.824. The van der Waals surface area contributed by atoms with Crippen LogP contribution in [-0.4, -0.2) is 104 Å². The first-order chi connectivity index (χ1) is 22.8. The SMILES string of the molecule is CNC(=O)C(=O)C(CC1CC1)NC(=O)[C@@H]1[C@@H](C(C)(C)C)CCN1C(=O)[C@@H](NC(=O)N[C@H](CN1CCCS1(=O)=O)C(C)(C)C)C1CCCCC1. The van der Waals surface area contributed by atoms with E-state index >= 15 is 0 Å². The number of carbonyl (C=O) groups is 5. The highest BCUT2D eigenvalue weighted by atomic mass is 32.2. The molecule has 0 radical (unpaired) electrons. The Morgan fingerprint density at radius 2 is 1.47 bits per heavy atom. The van der Waals surface area contributed by atoms with Crippen molar-refractivity contribution in [2.75, 3.05) is 32.4 Å². The van der Waals surface area contributed by atoms with Crippen LogP contribution in [0.2, 0.25) is 0 Å². The van der Waals surface area contributed by atoms with Crippen molar-refractivity contribution in [3.05, 3.63) is 0 Å². The smallest absolute Gasteiger partial charge is 0.315 e. The third kappa shape index (κ3) is 9.95. The Balaban J connectivity index is 1.58. The van der Waals surface area contributed by atoms with Crippen molar-refractivity contribution in [2.24, 2.45) is 28.6 Å². The maximum Gasteiger partial charge on any atom is 0.315 e. The first-order valence-corrected chi connectivity index (χ1v) is 19.9. The van der Waals surface area contributed by atoms with Gasteiger partial charge in [-0.3, -0.25) is 19.2 Å². The Hall–Kier alpha value is -2.74. The summed E-state index contributed by atoms with van der Waals surface area (Å²) in [7, 11) is -1.99. The molecule has 49 heavy (non-hydrogen) atoms. The van der Waals surface area contributed by atoms with Crippen molar-refractivity contribution in [1.82, 2.24) is 30.5 Å². The summed E-state index contributed by atoms with van der Waals surface area (Å²) in [6, 6.07) is -3.82. The number of sulfonamides is 1. The summed E-state index contributed by atoms with van der Waals surface area (Å²) in [4.78, 5) is 69.6. The topological polar surface area (TPSA) is 174 Å². The fraction of sp³-hybridized carbons (Fsp3) is 0.857. The Kier molecular flexibility index (Phi) is 12.5. The van der Waals surface area contributed by atoms with E-state index in [1.54, 1.807) is 4.90 Å². The van der Waals surface area contributed by atoms with E-state index in [4.69, 9.17) is 0 Å². The molecule has 2 aliphatic heterocycles. The van der Waals surface area contributed by atoms with Gasteiger partial charge in [-0.25, -0.2) is 13.2 Å². The first-order valence-electron chi connectivity index (χ1n) is 18.2. The van der Waals surface area contributed by atoms with Gasteiger partial charge in [-0.1, -0.05) is 73.6 Å². The van der Waals surface area contributed by atoms with Crippen molar-refractivity contribution >= 4 is 39.6 Å². The van der Waals surface area contributed by atoms with Gasteiger partial charge in [0.2, 0.25) is 27.6 Å². The van der Waals surface area contributed by atoms with E-state index in [2.05, 4.69) is 21.3 Å². The van der Waals surface area contributed by atoms with Crippen LogP contribution >= 0.6 is 0 Å². The number of amides is 5. The van der Waals surface area contributed by atoms with Gasteiger partial charge in [0.25, 0.3) is 5.91 Å². The molecule has 5 amide bonds. The Labute approximate surface area is 292 Å². The number of hydrogen-bond donors (Lipinski definition) is 4. The van der Waals surface area contributed by atoms with Crippen molar-refractivity contribution in [3.8, 4) is 0 Å². The second kappa shape index (κ2) is 15.7. The number of hydrogen-bond acceptors (Lipinski definition) is 7. The van der Waals surface area contributed by atoms with Crippen LogP contribution in [0.3, 0.4) is 0 Å². The van der Waals surface area contributed by atoms with E-state index < -0.39 is 63.2 Å². The van der Waals surface area contributed by atoms with Crippen LogP contribution in [-0.2, 0) is 29.2 Å². The third-order valence-electron chi connectivity index (χ3n) is 11.0. The highest BCUT2D eigenvalue weighted by molar-refractivity contribution is 7.89. The lowest BCUT2D eigenvalue weighted by Crippen LogP contribution is -2.61. The van der Waals surface area contributed by atoms with E-state index in [1.807, 2.05) is 41.5 Å². The average Bonchev–Trinajstić information content (AvgIpc) is 3.61. The highest BCUT2D eigenvalue weighted by Gasteiger charge is 2.50. The number of ketones is 1. The molecule has 0 aromatic carbocycles. The minimum Gasteiger partial charge on any atom is -0.353 e. The van der Waals surface area contributed by atoms with Crippen LogP contribution in [0, 0.1) is 28.6 Å². The van der Waals surface area contributed by atoms with Crippen molar-refractivity contribution in [2.45, 2.75) is 130 Å². The zero-order valence-electron chi connectivity index (χ0n) is 30.6. The quantitative estimate of drug-likeness (QED) is 0.226. The molecule has 1 unspecified atom stereocenters. The maximum atomic E-state index is 14.7. The van der Waals surface area contributed by atoms with Gasteiger partial charge in [-0.2, -0.15) is 4.31 Å². The number of likely N-dealkylation sites (N-methyl/N-ethyl adjacent to an activating group) is 1. The fourth-order valence-corrected chi connectivity index (χ4v) is 9.27. The Morgan fingerprint density at radius 1 is 0.816 bits per heavy atom. The summed E-state index contributed by atoms with van der Waals surface area (Å²) in [6.07, 6.45) is 7.77.